The average Bonchev–Trinajstić information content (AvgIpc) is 3.39. The van der Waals surface area contributed by atoms with Crippen LogP contribution in [0.2, 0.25) is 0 Å². The van der Waals surface area contributed by atoms with E-state index in [1.807, 2.05) is 44.3 Å². The molecule has 0 unspecified atom stereocenters. The Balaban J connectivity index is 1.44. The third-order valence-corrected chi connectivity index (χ3v) is 4.82. The summed E-state index contributed by atoms with van der Waals surface area (Å²) in [6, 6.07) is 7.76. The molecule has 0 bridgehead atoms. The van der Waals surface area contributed by atoms with Crippen molar-refractivity contribution in [3.8, 4) is 0 Å². The summed E-state index contributed by atoms with van der Waals surface area (Å²) >= 11 is 0. The Morgan fingerprint density at radius 2 is 2.03 bits per heavy atom. The van der Waals surface area contributed by atoms with Gasteiger partial charge in [-0.15, -0.1) is 0 Å². The van der Waals surface area contributed by atoms with Crippen LogP contribution in [0.1, 0.15) is 33.1 Å². The van der Waals surface area contributed by atoms with Crippen LogP contribution in [0.5, 0.6) is 0 Å². The number of H-pyrrole nitrogens is 2. The number of benzene rings is 1. The van der Waals surface area contributed by atoms with Crippen LogP contribution in [-0.2, 0) is 13.0 Å². The largest absolute Gasteiger partial charge is 0.369 e. The van der Waals surface area contributed by atoms with Crippen molar-refractivity contribution in [2.45, 2.75) is 26.8 Å². The molecule has 3 heterocycles. The molecule has 0 aliphatic rings. The van der Waals surface area contributed by atoms with Crippen LogP contribution < -0.4 is 10.6 Å². The molecule has 0 saturated carbocycles. The van der Waals surface area contributed by atoms with Gasteiger partial charge < -0.3 is 10.6 Å². The highest BCUT2D eigenvalue weighted by atomic mass is 16.2. The maximum absolute atomic E-state index is 12.6. The van der Waals surface area contributed by atoms with Gasteiger partial charge in [-0.3, -0.25) is 15.0 Å². The second-order valence-electron chi connectivity index (χ2n) is 6.79. The maximum atomic E-state index is 12.6. The molecule has 4 rings (SSSR count). The Morgan fingerprint density at radius 3 is 2.86 bits per heavy atom. The molecular formula is C20H22N8O. The number of anilines is 1. The van der Waals surface area contributed by atoms with Gasteiger partial charge in [-0.1, -0.05) is 18.2 Å². The lowest BCUT2D eigenvalue weighted by atomic mass is 10.2. The Labute approximate surface area is 167 Å². The van der Waals surface area contributed by atoms with Gasteiger partial charge in [-0.2, -0.15) is 10.2 Å². The molecule has 1 aromatic carbocycles. The summed E-state index contributed by atoms with van der Waals surface area (Å²) in [5, 5.41) is 21.1. The number of nitrogens with one attached hydrogen (secondary N) is 4. The second kappa shape index (κ2) is 8.09. The fourth-order valence-corrected chi connectivity index (χ4v) is 3.04. The first-order chi connectivity index (χ1) is 14.1. The predicted octanol–water partition coefficient (Wildman–Crippen LogP) is 2.28. The van der Waals surface area contributed by atoms with E-state index in [9.17, 15) is 4.79 Å². The van der Waals surface area contributed by atoms with Crippen molar-refractivity contribution in [3.05, 3.63) is 65.0 Å². The summed E-state index contributed by atoms with van der Waals surface area (Å²) in [6.45, 7) is 4.81. The molecule has 148 valence electrons. The van der Waals surface area contributed by atoms with E-state index in [2.05, 4.69) is 41.0 Å². The highest BCUT2D eigenvalue weighted by Gasteiger charge is 2.15. The van der Waals surface area contributed by atoms with E-state index < -0.39 is 0 Å². The fourth-order valence-electron chi connectivity index (χ4n) is 3.04. The van der Waals surface area contributed by atoms with Crippen LogP contribution in [0, 0.1) is 13.8 Å². The second-order valence-corrected chi connectivity index (χ2v) is 6.79. The van der Waals surface area contributed by atoms with E-state index in [4.69, 9.17) is 0 Å². The summed E-state index contributed by atoms with van der Waals surface area (Å²) in [5.41, 5.74) is 4.50. The number of hydrogen-bond donors (Lipinski definition) is 4. The summed E-state index contributed by atoms with van der Waals surface area (Å²) in [7, 11) is 0. The van der Waals surface area contributed by atoms with Crippen LogP contribution in [0.25, 0.3) is 10.9 Å². The zero-order chi connectivity index (χ0) is 20.2. The number of hydrogen-bond acceptors (Lipinski definition) is 6. The van der Waals surface area contributed by atoms with Gasteiger partial charge in [0.1, 0.15) is 5.82 Å². The first-order valence-corrected chi connectivity index (χ1v) is 9.39. The van der Waals surface area contributed by atoms with Gasteiger partial charge in [0, 0.05) is 29.4 Å². The third-order valence-electron chi connectivity index (χ3n) is 4.82. The molecular weight excluding hydrogens is 368 g/mol. The smallest absolute Gasteiger partial charge is 0.289 e. The highest BCUT2D eigenvalue weighted by molar-refractivity contribution is 5.91. The van der Waals surface area contributed by atoms with Gasteiger partial charge in [0.15, 0.2) is 0 Å². The number of para-hydroxylation sites is 1. The molecule has 3 aromatic heterocycles. The number of amides is 1. The SMILES string of the molecule is Cc1nc(C(=O)NCc2[nH]nc3ccccc23)nc(NCCc2cn[nH]c2)c1C. The van der Waals surface area contributed by atoms with Gasteiger partial charge in [0.2, 0.25) is 5.82 Å². The zero-order valence-electron chi connectivity index (χ0n) is 16.3. The van der Waals surface area contributed by atoms with E-state index >= 15 is 0 Å². The van der Waals surface area contributed by atoms with Crippen molar-refractivity contribution in [2.75, 3.05) is 11.9 Å². The lowest BCUT2D eigenvalue weighted by Crippen LogP contribution is -2.26. The monoisotopic (exact) mass is 390 g/mol. The summed E-state index contributed by atoms with van der Waals surface area (Å²) in [5.74, 6) is 0.477. The van der Waals surface area contributed by atoms with E-state index in [-0.39, 0.29) is 11.7 Å². The standard InChI is InChI=1S/C20H22N8O/c1-12-13(2)25-19(26-18(12)21-8-7-14-9-23-24-10-14)20(29)22-11-17-15-5-3-4-6-16(15)27-28-17/h3-6,9-10H,7-8,11H2,1-2H3,(H,22,29)(H,23,24)(H,27,28)(H,21,25,26). The van der Waals surface area contributed by atoms with Crippen molar-refractivity contribution >= 4 is 22.6 Å². The fraction of sp³-hybridized carbons (Fsp3) is 0.250. The first kappa shape index (κ1) is 18.6. The molecule has 0 aliphatic carbocycles. The van der Waals surface area contributed by atoms with Gasteiger partial charge >= 0.3 is 0 Å². The van der Waals surface area contributed by atoms with E-state index in [0.717, 1.165) is 39.8 Å². The molecule has 1 amide bonds. The van der Waals surface area contributed by atoms with Gasteiger partial charge in [0.05, 0.1) is 24.0 Å². The van der Waals surface area contributed by atoms with Crippen LogP contribution in [0.15, 0.2) is 36.7 Å². The third kappa shape index (κ3) is 4.08. The highest BCUT2D eigenvalue weighted by Crippen LogP contribution is 2.16. The van der Waals surface area contributed by atoms with Crippen molar-refractivity contribution in [1.82, 2.24) is 35.7 Å². The molecule has 4 N–H and O–H groups in total. The first-order valence-electron chi connectivity index (χ1n) is 9.39. The number of carbonyl (C=O) groups excluding carboxylic acids is 1. The predicted molar refractivity (Wildman–Crippen MR) is 110 cm³/mol. The van der Waals surface area contributed by atoms with Crippen LogP contribution in [0.3, 0.4) is 0 Å². The minimum Gasteiger partial charge on any atom is -0.369 e. The number of aryl methyl sites for hydroxylation is 1. The van der Waals surface area contributed by atoms with Gasteiger partial charge in [0.25, 0.3) is 5.91 Å². The Kier molecular flexibility index (Phi) is 5.19. The van der Waals surface area contributed by atoms with Crippen molar-refractivity contribution in [2.24, 2.45) is 0 Å². The zero-order valence-corrected chi connectivity index (χ0v) is 16.3. The average molecular weight is 390 g/mol. The molecule has 0 saturated heterocycles. The molecule has 0 atom stereocenters. The van der Waals surface area contributed by atoms with Crippen molar-refractivity contribution in [1.29, 1.82) is 0 Å². The number of carbonyl (C=O) groups is 1. The molecule has 4 aromatic rings. The quantitative estimate of drug-likeness (QED) is 0.384. The van der Waals surface area contributed by atoms with Gasteiger partial charge in [-0.25, -0.2) is 9.97 Å². The Morgan fingerprint density at radius 1 is 1.17 bits per heavy atom. The lowest BCUT2D eigenvalue weighted by molar-refractivity contribution is 0.0940. The number of nitrogens with zero attached hydrogens (tertiary/aromatic N) is 4. The lowest BCUT2D eigenvalue weighted by Gasteiger charge is -2.12. The molecule has 0 aliphatic heterocycles. The number of fused-ring (bicyclic) bond motifs is 1. The van der Waals surface area contributed by atoms with Crippen LogP contribution >= 0.6 is 0 Å². The number of aromatic nitrogens is 6. The van der Waals surface area contributed by atoms with E-state index in [1.165, 1.54) is 0 Å². The summed E-state index contributed by atoms with van der Waals surface area (Å²) in [4.78, 5) is 21.4. The molecule has 9 nitrogen and oxygen atoms in total. The molecule has 0 fully saturated rings. The summed E-state index contributed by atoms with van der Waals surface area (Å²) < 4.78 is 0. The van der Waals surface area contributed by atoms with Crippen molar-refractivity contribution < 1.29 is 4.79 Å². The molecule has 9 heteroatoms. The normalized spacial score (nSPS) is 11.0. The number of rotatable bonds is 7. The summed E-state index contributed by atoms with van der Waals surface area (Å²) in [6.07, 6.45) is 4.45. The van der Waals surface area contributed by atoms with E-state index in [0.29, 0.717) is 18.9 Å². The molecule has 0 radical (unpaired) electrons. The van der Waals surface area contributed by atoms with Crippen molar-refractivity contribution in [3.63, 3.8) is 0 Å². The minimum absolute atomic E-state index is 0.141. The van der Waals surface area contributed by atoms with E-state index in [1.54, 1.807) is 6.20 Å². The topological polar surface area (TPSA) is 124 Å². The number of aromatic amines is 2. The Hall–Kier alpha value is -3.75. The van der Waals surface area contributed by atoms with Crippen LogP contribution in [0.4, 0.5) is 5.82 Å². The Bertz CT molecular complexity index is 1130. The minimum atomic E-state index is -0.329. The van der Waals surface area contributed by atoms with Gasteiger partial charge in [-0.05, 0) is 31.9 Å². The van der Waals surface area contributed by atoms with Crippen LogP contribution in [-0.4, -0.2) is 42.8 Å². The maximum Gasteiger partial charge on any atom is 0.289 e. The molecule has 29 heavy (non-hydrogen) atoms. The molecule has 0 spiro atoms.